The summed E-state index contributed by atoms with van der Waals surface area (Å²) in [5.74, 6) is -1.89. The molecule has 0 bridgehead atoms. The predicted molar refractivity (Wildman–Crippen MR) is 118 cm³/mol. The average molecular weight is 466 g/mol. The molecule has 4 aromatic rings. The Balaban J connectivity index is 1.85. The van der Waals surface area contributed by atoms with E-state index in [0.29, 0.717) is 12.1 Å². The number of benzene rings is 2. The first-order valence-corrected chi connectivity index (χ1v) is 11.7. The van der Waals surface area contributed by atoms with Gasteiger partial charge in [-0.15, -0.1) is 0 Å². The quantitative estimate of drug-likeness (QED) is 0.316. The second-order valence-electron chi connectivity index (χ2n) is 7.08. The van der Waals surface area contributed by atoms with E-state index in [4.69, 9.17) is 11.6 Å². The van der Waals surface area contributed by atoms with Crippen LogP contribution in [-0.4, -0.2) is 40.0 Å². The van der Waals surface area contributed by atoms with Crippen molar-refractivity contribution in [1.82, 2.24) is 19.5 Å². The van der Waals surface area contributed by atoms with Crippen LogP contribution in [0.3, 0.4) is 0 Å². The highest BCUT2D eigenvalue weighted by molar-refractivity contribution is 7.90. The molecule has 0 N–H and O–H groups in total. The first-order chi connectivity index (χ1) is 15.3. The fourth-order valence-electron chi connectivity index (χ4n) is 3.32. The molecule has 2 aromatic carbocycles. The van der Waals surface area contributed by atoms with E-state index in [1.54, 1.807) is 10.6 Å². The number of hydrogen-bond acceptors (Lipinski definition) is 7. The van der Waals surface area contributed by atoms with Gasteiger partial charge in [0, 0.05) is 12.8 Å². The lowest BCUT2D eigenvalue weighted by Gasteiger charge is -2.13. The number of aromatic nitrogens is 4. The molecule has 0 aliphatic carbocycles. The summed E-state index contributed by atoms with van der Waals surface area (Å²) >= 11 is 6.10. The molecule has 0 unspecified atom stereocenters. The molecule has 10 heteroatoms. The van der Waals surface area contributed by atoms with Crippen molar-refractivity contribution in [3.05, 3.63) is 82.9 Å². The number of carbonyl (C=O) groups is 1. The number of nitrogens with zero attached hydrogens (tertiary/aromatic N) is 5. The molecule has 0 amide bonds. The molecule has 32 heavy (non-hydrogen) atoms. The molecule has 0 saturated heterocycles. The first-order valence-electron chi connectivity index (χ1n) is 9.45. The van der Waals surface area contributed by atoms with Gasteiger partial charge in [0.15, 0.2) is 5.92 Å². The number of Topliss-reactive ketones (excluding diaryl/α,β-unsaturated/α-hetero) is 1. The Bertz CT molecular complexity index is 1480. The fraction of sp³-hybridized carbons (Fsp3) is 0.136. The average Bonchev–Trinajstić information content (AvgIpc) is 3.12. The van der Waals surface area contributed by atoms with Crippen LogP contribution in [0.1, 0.15) is 27.8 Å². The van der Waals surface area contributed by atoms with E-state index in [1.165, 1.54) is 0 Å². The summed E-state index contributed by atoms with van der Waals surface area (Å²) in [6.07, 6.45) is 1.96. The molecule has 0 spiro atoms. The molecule has 0 radical (unpaired) electrons. The van der Waals surface area contributed by atoms with Gasteiger partial charge in [0.25, 0.3) is 0 Å². The number of rotatable bonds is 6. The Labute approximate surface area is 189 Å². The van der Waals surface area contributed by atoms with Crippen molar-refractivity contribution in [1.29, 1.82) is 5.26 Å². The lowest BCUT2D eigenvalue weighted by molar-refractivity contribution is 0.0969. The molecular weight excluding hydrogens is 450 g/mol. The van der Waals surface area contributed by atoms with Crippen LogP contribution in [0.5, 0.6) is 0 Å². The van der Waals surface area contributed by atoms with E-state index in [2.05, 4.69) is 15.0 Å². The summed E-state index contributed by atoms with van der Waals surface area (Å²) < 4.78 is 25.5. The summed E-state index contributed by atoms with van der Waals surface area (Å²) in [6.45, 7) is 0.383. The van der Waals surface area contributed by atoms with Crippen LogP contribution in [0.2, 0.25) is 5.02 Å². The van der Waals surface area contributed by atoms with Crippen LogP contribution < -0.4 is 0 Å². The molecule has 160 valence electrons. The number of nitriles is 1. The van der Waals surface area contributed by atoms with Gasteiger partial charge >= 0.3 is 0 Å². The lowest BCUT2D eigenvalue weighted by Crippen LogP contribution is -2.20. The second-order valence-corrected chi connectivity index (χ2v) is 9.39. The molecule has 0 aliphatic rings. The summed E-state index contributed by atoms with van der Waals surface area (Å²) in [6, 6.07) is 18.8. The first kappa shape index (κ1) is 21.6. The molecule has 8 nitrogen and oxygen atoms in total. The smallest absolute Gasteiger partial charge is 0.247 e. The summed E-state index contributed by atoms with van der Waals surface area (Å²) in [4.78, 5) is 25.4. The van der Waals surface area contributed by atoms with E-state index in [0.717, 1.165) is 23.5 Å². The highest BCUT2D eigenvalue weighted by Crippen LogP contribution is 2.28. The number of fused-ring (bicyclic) bond motifs is 1. The number of hydrogen-bond donors (Lipinski definition) is 0. The normalized spacial score (nSPS) is 12.4. The highest BCUT2D eigenvalue weighted by Gasteiger charge is 2.31. The van der Waals surface area contributed by atoms with Gasteiger partial charge in [-0.1, -0.05) is 54.1 Å². The molecule has 2 heterocycles. The Kier molecular flexibility index (Phi) is 5.74. The van der Waals surface area contributed by atoms with E-state index in [1.807, 2.05) is 54.6 Å². The van der Waals surface area contributed by atoms with E-state index in [9.17, 15) is 18.5 Å². The SMILES string of the molecule is CS(=O)(=O)c1ncc(Cl)c(C(=O)[C@H](C#N)c2nc3ccccc3n2Cc2ccccc2)n1. The van der Waals surface area contributed by atoms with Crippen molar-refractivity contribution >= 4 is 38.3 Å². The third-order valence-electron chi connectivity index (χ3n) is 4.80. The zero-order valence-electron chi connectivity index (χ0n) is 16.8. The Morgan fingerprint density at radius 1 is 1.12 bits per heavy atom. The van der Waals surface area contributed by atoms with Crippen LogP contribution in [0, 0.1) is 11.3 Å². The molecule has 0 fully saturated rings. The zero-order valence-corrected chi connectivity index (χ0v) is 18.4. The number of sulfone groups is 1. The number of para-hydroxylation sites is 2. The Morgan fingerprint density at radius 3 is 2.50 bits per heavy atom. The van der Waals surface area contributed by atoms with Crippen molar-refractivity contribution < 1.29 is 13.2 Å². The minimum atomic E-state index is -3.78. The van der Waals surface area contributed by atoms with Crippen LogP contribution in [-0.2, 0) is 16.4 Å². The fourth-order valence-corrected chi connectivity index (χ4v) is 4.00. The van der Waals surface area contributed by atoms with Gasteiger partial charge in [0.2, 0.25) is 20.8 Å². The van der Waals surface area contributed by atoms with Crippen molar-refractivity contribution in [3.63, 3.8) is 0 Å². The highest BCUT2D eigenvalue weighted by atomic mass is 35.5. The van der Waals surface area contributed by atoms with Gasteiger partial charge in [-0.3, -0.25) is 4.79 Å². The van der Waals surface area contributed by atoms with Crippen molar-refractivity contribution in [3.8, 4) is 6.07 Å². The minimum absolute atomic E-state index is 0.145. The standard InChI is InChI=1S/C22H16ClN5O3S/c1-32(30,31)22-25-12-16(23)19(27-22)20(29)15(11-24)21-26-17-9-5-6-10-18(17)28(21)13-14-7-3-2-4-8-14/h2-10,12,15H,13H2,1H3/t15-/m0/s1. The maximum absolute atomic E-state index is 13.3. The second kappa shape index (κ2) is 8.49. The molecule has 1 atom stereocenters. The van der Waals surface area contributed by atoms with Crippen molar-refractivity contribution in [2.75, 3.05) is 6.26 Å². The molecule has 0 aliphatic heterocycles. The van der Waals surface area contributed by atoms with Gasteiger partial charge in [-0.2, -0.15) is 5.26 Å². The maximum Gasteiger partial charge on any atom is 0.247 e. The van der Waals surface area contributed by atoms with E-state index >= 15 is 0 Å². The van der Waals surface area contributed by atoms with Gasteiger partial charge in [0.05, 0.1) is 28.3 Å². The molecular formula is C22H16ClN5O3S. The van der Waals surface area contributed by atoms with Gasteiger partial charge in [-0.05, 0) is 17.7 Å². The van der Waals surface area contributed by atoms with E-state index < -0.39 is 26.7 Å². The topological polar surface area (TPSA) is 119 Å². The number of imidazole rings is 1. The Hall–Kier alpha value is -3.61. The summed E-state index contributed by atoms with van der Waals surface area (Å²) in [5, 5.41) is 9.23. The summed E-state index contributed by atoms with van der Waals surface area (Å²) in [5.41, 5.74) is 1.99. The molecule has 4 rings (SSSR count). The van der Waals surface area contributed by atoms with Gasteiger partial charge in [-0.25, -0.2) is 23.4 Å². The molecule has 2 aromatic heterocycles. The minimum Gasteiger partial charge on any atom is -0.322 e. The van der Waals surface area contributed by atoms with E-state index in [-0.39, 0.29) is 16.5 Å². The number of ketones is 1. The van der Waals surface area contributed by atoms with Crippen LogP contribution >= 0.6 is 11.6 Å². The lowest BCUT2D eigenvalue weighted by atomic mass is 10.0. The number of carbonyl (C=O) groups excluding carboxylic acids is 1. The largest absolute Gasteiger partial charge is 0.322 e. The maximum atomic E-state index is 13.3. The van der Waals surface area contributed by atoms with Crippen LogP contribution in [0.4, 0.5) is 0 Å². The van der Waals surface area contributed by atoms with Crippen molar-refractivity contribution in [2.45, 2.75) is 17.6 Å². The van der Waals surface area contributed by atoms with Gasteiger partial charge < -0.3 is 4.57 Å². The molecule has 0 saturated carbocycles. The number of halogens is 1. The zero-order chi connectivity index (χ0) is 22.9. The Morgan fingerprint density at radius 2 is 1.81 bits per heavy atom. The van der Waals surface area contributed by atoms with Crippen LogP contribution in [0.25, 0.3) is 11.0 Å². The summed E-state index contributed by atoms with van der Waals surface area (Å²) in [7, 11) is -3.78. The predicted octanol–water partition coefficient (Wildman–Crippen LogP) is 3.42. The van der Waals surface area contributed by atoms with Crippen LogP contribution in [0.15, 0.2) is 66.0 Å². The third-order valence-corrected chi connectivity index (χ3v) is 5.94. The monoisotopic (exact) mass is 465 g/mol. The van der Waals surface area contributed by atoms with Crippen molar-refractivity contribution in [2.24, 2.45) is 0 Å². The van der Waals surface area contributed by atoms with Gasteiger partial charge in [0.1, 0.15) is 11.5 Å². The third kappa shape index (κ3) is 4.10.